The van der Waals surface area contributed by atoms with Gasteiger partial charge >= 0.3 is 19.8 Å². The highest BCUT2D eigenvalue weighted by Crippen LogP contribution is 2.57. The molecule has 180 valence electrons. The van der Waals surface area contributed by atoms with E-state index in [-0.39, 0.29) is 38.3 Å². The number of rotatable bonds is 10. The van der Waals surface area contributed by atoms with E-state index >= 15 is 0 Å². The molecule has 2 heterocycles. The first-order valence-electron chi connectivity index (χ1n) is 10.1. The number of nitrogens with zero attached hydrogens (tertiary/aromatic N) is 1. The fourth-order valence-electron chi connectivity index (χ4n) is 2.62. The summed E-state index contributed by atoms with van der Waals surface area (Å²) in [6.45, 7) is 7.94. The molecule has 0 aromatic carbocycles. The molecule has 1 fully saturated rings. The molecule has 10 nitrogen and oxygen atoms in total. The summed E-state index contributed by atoms with van der Waals surface area (Å²) in [6, 6.07) is 0. The lowest BCUT2D eigenvalue weighted by atomic mass is 9.84. The van der Waals surface area contributed by atoms with Crippen LogP contribution < -0.4 is 0 Å². The number of carbonyl (C=O) groups excluding carboxylic acids is 3. The molecule has 12 heteroatoms. The number of phosphoric ester groups is 1. The maximum Gasteiger partial charge on any atom is 0.478 e. The van der Waals surface area contributed by atoms with E-state index in [0.29, 0.717) is 0 Å². The minimum absolute atomic E-state index is 0.0305. The number of aromatic nitrogens is 1. The van der Waals surface area contributed by atoms with Gasteiger partial charge in [-0.15, -0.1) is 11.3 Å². The van der Waals surface area contributed by atoms with Crippen molar-refractivity contribution in [2.45, 2.75) is 66.6 Å². The molecular weight excluding hydrogens is 461 g/mol. The van der Waals surface area contributed by atoms with Crippen molar-refractivity contribution < 1.29 is 42.0 Å². The summed E-state index contributed by atoms with van der Waals surface area (Å²) in [5.74, 6) is -1.30. The van der Waals surface area contributed by atoms with E-state index in [0.717, 1.165) is 4.88 Å². The second-order valence-electron chi connectivity index (χ2n) is 9.07. The van der Waals surface area contributed by atoms with E-state index in [4.69, 9.17) is 23.0 Å². The van der Waals surface area contributed by atoms with Gasteiger partial charge in [-0.3, -0.25) is 28.4 Å². The van der Waals surface area contributed by atoms with Gasteiger partial charge in [-0.25, -0.2) is 9.09 Å². The number of phosphoric acid groups is 1. The molecule has 0 radical (unpaired) electrons. The molecule has 1 saturated heterocycles. The minimum atomic E-state index is -4.10. The van der Waals surface area contributed by atoms with E-state index in [1.165, 1.54) is 11.3 Å². The second-order valence-corrected chi connectivity index (χ2v) is 11.7. The Balaban J connectivity index is 1.82. The molecule has 0 aliphatic carbocycles. The molecule has 1 aliphatic heterocycles. The monoisotopic (exact) mass is 491 g/mol. The highest BCUT2D eigenvalue weighted by molar-refractivity contribution is 7.48. The van der Waals surface area contributed by atoms with Crippen molar-refractivity contribution in [2.24, 2.45) is 10.8 Å². The van der Waals surface area contributed by atoms with Gasteiger partial charge in [0.2, 0.25) is 6.79 Å². The van der Waals surface area contributed by atoms with Crippen molar-refractivity contribution in [3.05, 3.63) is 16.6 Å². The molecule has 2 rings (SSSR count). The Bertz CT molecular complexity index is 848. The van der Waals surface area contributed by atoms with Gasteiger partial charge in [-0.2, -0.15) is 0 Å². The summed E-state index contributed by atoms with van der Waals surface area (Å²) in [4.78, 5) is 41.1. The molecule has 2 atom stereocenters. The van der Waals surface area contributed by atoms with Crippen LogP contribution in [0.3, 0.4) is 0 Å². The van der Waals surface area contributed by atoms with Gasteiger partial charge in [-0.05, 0) is 27.2 Å². The summed E-state index contributed by atoms with van der Waals surface area (Å²) in [6.07, 6.45) is 0.907. The average Bonchev–Trinajstić information content (AvgIpc) is 3.21. The third-order valence-corrected chi connectivity index (χ3v) is 6.60. The van der Waals surface area contributed by atoms with Crippen LogP contribution in [0.2, 0.25) is 0 Å². The minimum Gasteiger partial charge on any atom is -0.460 e. The second kappa shape index (κ2) is 11.0. The van der Waals surface area contributed by atoms with E-state index < -0.39 is 43.5 Å². The van der Waals surface area contributed by atoms with Crippen molar-refractivity contribution in [2.75, 3.05) is 13.4 Å². The van der Waals surface area contributed by atoms with Crippen LogP contribution in [-0.4, -0.2) is 42.2 Å². The van der Waals surface area contributed by atoms with Gasteiger partial charge in [0, 0.05) is 24.5 Å². The zero-order valence-corrected chi connectivity index (χ0v) is 20.7. The summed E-state index contributed by atoms with van der Waals surface area (Å²) in [5, 5.41) is 0. The van der Waals surface area contributed by atoms with Crippen LogP contribution in [0.25, 0.3) is 0 Å². The lowest BCUT2D eigenvalue weighted by Crippen LogP contribution is -2.45. The molecule has 32 heavy (non-hydrogen) atoms. The maximum atomic E-state index is 12.8. The van der Waals surface area contributed by atoms with Gasteiger partial charge in [0.25, 0.3) is 0 Å². The fraction of sp³-hybridized carbons (Fsp3) is 0.700. The Kier molecular flexibility index (Phi) is 9.13. The Morgan fingerprint density at radius 1 is 1.25 bits per heavy atom. The predicted octanol–water partition coefficient (Wildman–Crippen LogP) is 4.04. The maximum absolute atomic E-state index is 12.8. The van der Waals surface area contributed by atoms with Gasteiger partial charge < -0.3 is 9.47 Å². The van der Waals surface area contributed by atoms with Crippen molar-refractivity contribution in [1.29, 1.82) is 0 Å². The largest absolute Gasteiger partial charge is 0.478 e. The van der Waals surface area contributed by atoms with Crippen molar-refractivity contribution >= 4 is 36.9 Å². The van der Waals surface area contributed by atoms with Crippen LogP contribution in [0, 0.1) is 10.8 Å². The smallest absolute Gasteiger partial charge is 0.460 e. The summed E-state index contributed by atoms with van der Waals surface area (Å²) >= 11 is 1.38. The summed E-state index contributed by atoms with van der Waals surface area (Å²) in [7, 11) is -4.10. The van der Waals surface area contributed by atoms with Crippen molar-refractivity contribution in [1.82, 2.24) is 4.98 Å². The van der Waals surface area contributed by atoms with Crippen LogP contribution in [0.1, 0.15) is 58.8 Å². The van der Waals surface area contributed by atoms with Crippen molar-refractivity contribution in [3.63, 3.8) is 0 Å². The molecule has 0 saturated carbocycles. The molecular formula is C20H30NO9PS. The zero-order valence-electron chi connectivity index (χ0n) is 19.0. The van der Waals surface area contributed by atoms with E-state index in [9.17, 15) is 18.9 Å². The van der Waals surface area contributed by atoms with E-state index in [2.05, 4.69) is 4.98 Å². The Morgan fingerprint density at radius 3 is 2.59 bits per heavy atom. The van der Waals surface area contributed by atoms with Crippen molar-refractivity contribution in [3.8, 4) is 0 Å². The molecule has 1 aromatic rings. The van der Waals surface area contributed by atoms with Gasteiger partial charge in [0.05, 0.1) is 22.4 Å². The number of esters is 2. The highest BCUT2D eigenvalue weighted by atomic mass is 32.1. The van der Waals surface area contributed by atoms with Crippen LogP contribution in [0.4, 0.5) is 0 Å². The molecule has 0 spiro atoms. The van der Waals surface area contributed by atoms with Gasteiger partial charge in [0.1, 0.15) is 12.7 Å². The molecule has 0 N–H and O–H groups in total. The predicted molar refractivity (Wildman–Crippen MR) is 114 cm³/mol. The molecule has 0 amide bonds. The Hall–Kier alpha value is -1.65. The number of Topliss-reactive ketones (excluding diaryl/α,β-unsaturated/α-hetero) is 1. The Morgan fingerprint density at radius 2 is 1.97 bits per heavy atom. The first-order valence-corrected chi connectivity index (χ1v) is 12.5. The zero-order chi connectivity index (χ0) is 24.0. The van der Waals surface area contributed by atoms with Crippen LogP contribution in [0.5, 0.6) is 0 Å². The van der Waals surface area contributed by atoms with Crippen LogP contribution >= 0.6 is 19.2 Å². The number of ether oxygens (including phenoxy) is 2. The third kappa shape index (κ3) is 8.04. The summed E-state index contributed by atoms with van der Waals surface area (Å²) < 4.78 is 38.5. The molecule has 0 bridgehead atoms. The van der Waals surface area contributed by atoms with Gasteiger partial charge in [-0.1, -0.05) is 13.8 Å². The average molecular weight is 491 g/mol. The first kappa shape index (κ1) is 26.6. The molecule has 1 aromatic heterocycles. The molecule has 0 unspecified atom stereocenters. The number of carbonyl (C=O) groups is 3. The highest BCUT2D eigenvalue weighted by Gasteiger charge is 2.48. The fourth-order valence-corrected chi connectivity index (χ4v) is 4.66. The number of ketones is 1. The quantitative estimate of drug-likeness (QED) is 0.269. The summed E-state index contributed by atoms with van der Waals surface area (Å²) in [5.41, 5.74) is 0.131. The van der Waals surface area contributed by atoms with E-state index in [1.807, 2.05) is 0 Å². The topological polar surface area (TPSA) is 127 Å². The van der Waals surface area contributed by atoms with Gasteiger partial charge in [0.15, 0.2) is 5.78 Å². The van der Waals surface area contributed by atoms with E-state index in [1.54, 1.807) is 46.3 Å². The standard InChI is InChI=1S/C20H30NO9PS/c1-19(2,3)18(24)27-13-29-31(25)28-11-20(4,5)17(30-31)15(22)7-6-8-16(23)26-10-14-9-21-12-32-14/h9,12,17H,6-8,10-11,13H2,1-5H3/t17-,31+/m0/s1. The number of hydrogen-bond donors (Lipinski definition) is 0. The SMILES string of the molecule is CC(C)(C)C(=O)OCO[P@@]1(=O)OCC(C)(C)[C@H](C(=O)CCCC(=O)OCc2cncs2)O1. The lowest BCUT2D eigenvalue weighted by Gasteiger charge is -2.39. The Labute approximate surface area is 191 Å². The van der Waals surface area contributed by atoms with Crippen LogP contribution in [0.15, 0.2) is 11.7 Å². The number of thiazole rings is 1. The number of hydrogen-bond acceptors (Lipinski definition) is 11. The van der Waals surface area contributed by atoms with Crippen LogP contribution in [-0.2, 0) is 48.6 Å². The first-order chi connectivity index (χ1) is 14.8. The third-order valence-electron chi connectivity index (χ3n) is 4.51. The lowest BCUT2D eigenvalue weighted by molar-refractivity contribution is -0.163. The normalized spacial score (nSPS) is 22.8. The molecule has 1 aliphatic rings.